The molecule has 7 heteroatoms. The molecule has 3 heterocycles. The normalized spacial score (nSPS) is 15.4. The maximum atomic E-state index is 12.6. The van der Waals surface area contributed by atoms with Crippen molar-refractivity contribution < 1.29 is 4.79 Å². The van der Waals surface area contributed by atoms with Gasteiger partial charge in [-0.1, -0.05) is 11.6 Å². The van der Waals surface area contributed by atoms with E-state index in [9.17, 15) is 4.79 Å². The number of aromatic nitrogens is 3. The number of carbonyl (C=O) groups is 1. The predicted molar refractivity (Wildman–Crippen MR) is 88.7 cm³/mol. The lowest BCUT2D eigenvalue weighted by Gasteiger charge is -2.22. The van der Waals surface area contributed by atoms with Gasteiger partial charge in [-0.05, 0) is 25.0 Å². The molecule has 0 spiro atoms. The highest BCUT2D eigenvalue weighted by Gasteiger charge is 2.21. The molecule has 0 aliphatic carbocycles. The topological polar surface area (TPSA) is 62.2 Å². The fourth-order valence-corrected chi connectivity index (χ4v) is 2.74. The number of amides is 1. The van der Waals surface area contributed by atoms with Gasteiger partial charge in [0.05, 0.1) is 23.0 Å². The summed E-state index contributed by atoms with van der Waals surface area (Å²) in [6, 6.07) is 1.88. The third-order valence-electron chi connectivity index (χ3n) is 3.79. The number of hydrogen-bond acceptors (Lipinski definition) is 5. The van der Waals surface area contributed by atoms with E-state index >= 15 is 0 Å². The van der Waals surface area contributed by atoms with Crippen molar-refractivity contribution in [1.29, 1.82) is 0 Å². The van der Waals surface area contributed by atoms with Crippen molar-refractivity contribution in [2.24, 2.45) is 0 Å². The van der Waals surface area contributed by atoms with Gasteiger partial charge >= 0.3 is 0 Å². The van der Waals surface area contributed by atoms with E-state index in [1.54, 1.807) is 24.8 Å². The van der Waals surface area contributed by atoms with Crippen LogP contribution in [0.3, 0.4) is 0 Å². The predicted octanol–water partition coefficient (Wildman–Crippen LogP) is 2.19. The van der Waals surface area contributed by atoms with Crippen molar-refractivity contribution in [1.82, 2.24) is 19.9 Å². The molecule has 120 valence electrons. The Hall–Kier alpha value is -2.21. The van der Waals surface area contributed by atoms with Crippen molar-refractivity contribution >= 4 is 23.5 Å². The molecule has 2 aromatic heterocycles. The smallest absolute Gasteiger partial charge is 0.255 e. The number of pyridine rings is 1. The Kier molecular flexibility index (Phi) is 4.71. The molecule has 1 amide bonds. The summed E-state index contributed by atoms with van der Waals surface area (Å²) in [5.74, 6) is 0.681. The Bertz CT molecular complexity index is 691. The van der Waals surface area contributed by atoms with Gasteiger partial charge < -0.3 is 9.80 Å². The van der Waals surface area contributed by atoms with Crippen LogP contribution in [0, 0.1) is 6.92 Å². The van der Waals surface area contributed by atoms with Crippen LogP contribution < -0.4 is 4.90 Å². The highest BCUT2D eigenvalue weighted by molar-refractivity contribution is 6.30. The third kappa shape index (κ3) is 3.76. The van der Waals surface area contributed by atoms with Gasteiger partial charge in [0.1, 0.15) is 0 Å². The molecule has 1 saturated heterocycles. The quantitative estimate of drug-likeness (QED) is 0.844. The van der Waals surface area contributed by atoms with Crippen molar-refractivity contribution in [3.8, 4) is 0 Å². The monoisotopic (exact) mass is 331 g/mol. The molecule has 0 atom stereocenters. The second-order valence-corrected chi connectivity index (χ2v) is 6.02. The number of anilines is 1. The first-order chi connectivity index (χ1) is 11.1. The van der Waals surface area contributed by atoms with Gasteiger partial charge in [-0.25, -0.2) is 9.97 Å². The van der Waals surface area contributed by atoms with Crippen LogP contribution in [-0.4, -0.2) is 51.9 Å². The largest absolute Gasteiger partial charge is 0.339 e. The van der Waals surface area contributed by atoms with E-state index in [4.69, 9.17) is 11.6 Å². The van der Waals surface area contributed by atoms with Gasteiger partial charge in [0.25, 0.3) is 5.91 Å². The summed E-state index contributed by atoms with van der Waals surface area (Å²) in [4.78, 5) is 29.2. The summed E-state index contributed by atoms with van der Waals surface area (Å²) in [5, 5.41) is 0.521. The molecule has 1 fully saturated rings. The minimum atomic E-state index is 0.0278. The van der Waals surface area contributed by atoms with Crippen molar-refractivity contribution in [2.75, 3.05) is 31.1 Å². The average Bonchev–Trinajstić information content (AvgIpc) is 2.81. The fraction of sp³-hybridized carbons (Fsp3) is 0.375. The first-order valence-corrected chi connectivity index (χ1v) is 7.95. The standard InChI is InChI=1S/C16H18ClN5O/c1-12-7-13(9-18-8-12)15(23)21-3-2-4-22(6-5-21)16-19-10-14(17)11-20-16/h7-11H,2-6H2,1H3. The van der Waals surface area contributed by atoms with Crippen LogP contribution in [0.2, 0.25) is 5.02 Å². The van der Waals surface area contributed by atoms with E-state index in [0.29, 0.717) is 29.6 Å². The van der Waals surface area contributed by atoms with E-state index in [1.807, 2.05) is 17.9 Å². The Morgan fingerprint density at radius 3 is 2.61 bits per heavy atom. The number of aryl methyl sites for hydroxylation is 1. The summed E-state index contributed by atoms with van der Waals surface area (Å²) in [7, 11) is 0. The average molecular weight is 332 g/mol. The highest BCUT2D eigenvalue weighted by Crippen LogP contribution is 2.15. The van der Waals surface area contributed by atoms with E-state index in [0.717, 1.165) is 25.1 Å². The zero-order chi connectivity index (χ0) is 16.2. The van der Waals surface area contributed by atoms with Crippen molar-refractivity contribution in [3.05, 3.63) is 47.0 Å². The summed E-state index contributed by atoms with van der Waals surface area (Å²) >= 11 is 5.83. The zero-order valence-electron chi connectivity index (χ0n) is 12.9. The van der Waals surface area contributed by atoms with Gasteiger partial charge in [-0.15, -0.1) is 0 Å². The lowest BCUT2D eigenvalue weighted by Crippen LogP contribution is -2.35. The number of hydrogen-bond donors (Lipinski definition) is 0. The molecular formula is C16H18ClN5O. The van der Waals surface area contributed by atoms with E-state index < -0.39 is 0 Å². The molecule has 23 heavy (non-hydrogen) atoms. The maximum Gasteiger partial charge on any atom is 0.255 e. The summed E-state index contributed by atoms with van der Waals surface area (Å²) < 4.78 is 0. The van der Waals surface area contributed by atoms with Crippen LogP contribution in [-0.2, 0) is 0 Å². The Morgan fingerprint density at radius 1 is 1.09 bits per heavy atom. The van der Waals surface area contributed by atoms with Gasteiger partial charge in [-0.3, -0.25) is 9.78 Å². The van der Waals surface area contributed by atoms with Crippen molar-refractivity contribution in [2.45, 2.75) is 13.3 Å². The molecule has 0 unspecified atom stereocenters. The lowest BCUT2D eigenvalue weighted by molar-refractivity contribution is 0.0766. The van der Waals surface area contributed by atoms with Crippen LogP contribution in [0.5, 0.6) is 0 Å². The SMILES string of the molecule is Cc1cncc(C(=O)N2CCCN(c3ncc(Cl)cn3)CC2)c1. The van der Waals surface area contributed by atoms with E-state index in [2.05, 4.69) is 19.9 Å². The summed E-state index contributed by atoms with van der Waals surface area (Å²) in [6.45, 7) is 4.81. The highest BCUT2D eigenvalue weighted by atomic mass is 35.5. The van der Waals surface area contributed by atoms with Gasteiger partial charge in [0.15, 0.2) is 0 Å². The number of nitrogens with zero attached hydrogens (tertiary/aromatic N) is 5. The molecule has 3 rings (SSSR count). The molecule has 6 nitrogen and oxygen atoms in total. The molecule has 1 aliphatic rings. The van der Waals surface area contributed by atoms with E-state index in [1.165, 1.54) is 0 Å². The molecule has 0 bridgehead atoms. The first kappa shape index (κ1) is 15.7. The summed E-state index contributed by atoms with van der Waals surface area (Å²) in [5.41, 5.74) is 1.63. The molecule has 1 aliphatic heterocycles. The molecule has 0 radical (unpaired) electrons. The Labute approximate surface area is 140 Å². The molecule has 0 saturated carbocycles. The maximum absolute atomic E-state index is 12.6. The summed E-state index contributed by atoms with van der Waals surface area (Å²) in [6.07, 6.45) is 7.43. The van der Waals surface area contributed by atoms with Crippen LogP contribution in [0.15, 0.2) is 30.9 Å². The second-order valence-electron chi connectivity index (χ2n) is 5.59. The molecule has 0 aromatic carbocycles. The van der Waals surface area contributed by atoms with Crippen LogP contribution >= 0.6 is 11.6 Å². The minimum Gasteiger partial charge on any atom is -0.339 e. The Balaban J connectivity index is 1.68. The molecular weight excluding hydrogens is 314 g/mol. The fourth-order valence-electron chi connectivity index (χ4n) is 2.64. The minimum absolute atomic E-state index is 0.0278. The van der Waals surface area contributed by atoms with Crippen molar-refractivity contribution in [3.63, 3.8) is 0 Å². The zero-order valence-corrected chi connectivity index (χ0v) is 13.7. The van der Waals surface area contributed by atoms with Gasteiger partial charge in [0, 0.05) is 38.6 Å². The molecule has 2 aromatic rings. The Morgan fingerprint density at radius 2 is 1.87 bits per heavy atom. The van der Waals surface area contributed by atoms with Gasteiger partial charge in [0.2, 0.25) is 5.95 Å². The van der Waals surface area contributed by atoms with Gasteiger partial charge in [-0.2, -0.15) is 0 Å². The second kappa shape index (κ2) is 6.91. The first-order valence-electron chi connectivity index (χ1n) is 7.57. The number of carbonyl (C=O) groups excluding carboxylic acids is 1. The van der Waals surface area contributed by atoms with Crippen LogP contribution in [0.25, 0.3) is 0 Å². The van der Waals surface area contributed by atoms with E-state index in [-0.39, 0.29) is 5.91 Å². The third-order valence-corrected chi connectivity index (χ3v) is 3.99. The van der Waals surface area contributed by atoms with Crippen LogP contribution in [0.4, 0.5) is 5.95 Å². The van der Waals surface area contributed by atoms with Crippen LogP contribution in [0.1, 0.15) is 22.3 Å². The molecule has 0 N–H and O–H groups in total. The lowest BCUT2D eigenvalue weighted by atomic mass is 10.2. The number of halogens is 1. The number of rotatable bonds is 2.